The first-order valence-electron chi connectivity index (χ1n) is 8.97. The van der Waals surface area contributed by atoms with Crippen molar-refractivity contribution in [3.63, 3.8) is 0 Å². The van der Waals surface area contributed by atoms with E-state index in [0.29, 0.717) is 21.2 Å². The van der Waals surface area contributed by atoms with Gasteiger partial charge in [0.15, 0.2) is 0 Å². The highest BCUT2D eigenvalue weighted by Gasteiger charge is 2.22. The maximum atomic E-state index is 13.6. The molecule has 9 heteroatoms. The third-order valence-corrected chi connectivity index (χ3v) is 6.11. The second kappa shape index (κ2) is 7.37. The predicted molar refractivity (Wildman–Crippen MR) is 113 cm³/mol. The van der Waals surface area contributed by atoms with Gasteiger partial charge in [0.25, 0.3) is 5.56 Å². The number of hydrogen-bond acceptors (Lipinski definition) is 6. The number of rotatable bonds is 5. The summed E-state index contributed by atoms with van der Waals surface area (Å²) in [5.74, 6) is 0.621. The second-order valence-electron chi connectivity index (χ2n) is 6.25. The van der Waals surface area contributed by atoms with Gasteiger partial charge in [0.05, 0.1) is 11.1 Å². The average molecular weight is 415 g/mol. The lowest BCUT2D eigenvalue weighted by Crippen LogP contribution is -2.32. The monoisotopic (exact) mass is 414 g/mol. The van der Waals surface area contributed by atoms with Gasteiger partial charge in [0, 0.05) is 23.7 Å². The van der Waals surface area contributed by atoms with Crippen LogP contribution in [0.5, 0.6) is 0 Å². The number of thiophene rings is 1. The van der Waals surface area contributed by atoms with Gasteiger partial charge in [-0.15, -0.1) is 0 Å². The summed E-state index contributed by atoms with van der Waals surface area (Å²) in [6.45, 7) is 7.49. The molecule has 0 radical (unpaired) electrons. The fourth-order valence-electron chi connectivity index (χ4n) is 3.23. The minimum atomic E-state index is -0.102. The molecule has 0 aliphatic heterocycles. The number of nitrogens with zero attached hydrogens (tertiary/aromatic N) is 6. The Kier molecular flexibility index (Phi) is 4.91. The van der Waals surface area contributed by atoms with E-state index in [1.54, 1.807) is 27.7 Å². The van der Waals surface area contributed by atoms with Gasteiger partial charge in [-0.2, -0.15) is 5.10 Å². The van der Waals surface area contributed by atoms with Crippen LogP contribution in [0, 0.1) is 6.92 Å². The zero-order valence-electron chi connectivity index (χ0n) is 15.8. The van der Waals surface area contributed by atoms with Crippen LogP contribution in [0.15, 0.2) is 41.7 Å². The Bertz CT molecular complexity index is 1180. The Morgan fingerprint density at radius 2 is 1.89 bits per heavy atom. The van der Waals surface area contributed by atoms with Gasteiger partial charge in [-0.05, 0) is 45.0 Å². The smallest absolute Gasteiger partial charge is 0.268 e. The van der Waals surface area contributed by atoms with E-state index < -0.39 is 0 Å². The lowest BCUT2D eigenvalue weighted by atomic mass is 10.2. The summed E-state index contributed by atoms with van der Waals surface area (Å²) < 4.78 is 3.33. The summed E-state index contributed by atoms with van der Waals surface area (Å²) in [5, 5.41) is 6.27. The quantitative estimate of drug-likeness (QED) is 0.496. The van der Waals surface area contributed by atoms with Crippen molar-refractivity contribution in [1.82, 2.24) is 24.3 Å². The minimum Gasteiger partial charge on any atom is -0.342 e. The van der Waals surface area contributed by atoms with Gasteiger partial charge in [0.1, 0.15) is 22.5 Å². The van der Waals surface area contributed by atoms with Gasteiger partial charge >= 0.3 is 0 Å². The number of halogens is 1. The maximum Gasteiger partial charge on any atom is 0.268 e. The van der Waals surface area contributed by atoms with Crippen molar-refractivity contribution in [2.24, 2.45) is 0 Å². The van der Waals surface area contributed by atoms with Gasteiger partial charge in [-0.1, -0.05) is 22.9 Å². The van der Waals surface area contributed by atoms with Gasteiger partial charge in [0.2, 0.25) is 5.95 Å². The molecule has 0 unspecified atom stereocenters. The van der Waals surface area contributed by atoms with Crippen molar-refractivity contribution < 1.29 is 0 Å². The molecule has 0 aliphatic carbocycles. The van der Waals surface area contributed by atoms with E-state index in [0.717, 1.165) is 29.3 Å². The number of fused-ring (bicyclic) bond motifs is 1. The van der Waals surface area contributed by atoms with E-state index in [-0.39, 0.29) is 5.56 Å². The lowest BCUT2D eigenvalue weighted by Gasteiger charge is -2.23. The maximum absolute atomic E-state index is 13.6. The molecule has 0 saturated carbocycles. The number of benzene rings is 1. The Morgan fingerprint density at radius 1 is 1.18 bits per heavy atom. The molecule has 3 heterocycles. The Balaban J connectivity index is 2.06. The van der Waals surface area contributed by atoms with Crippen LogP contribution in [0.2, 0.25) is 5.02 Å². The largest absolute Gasteiger partial charge is 0.342 e. The van der Waals surface area contributed by atoms with Crippen LogP contribution >= 0.6 is 22.9 Å². The summed E-state index contributed by atoms with van der Waals surface area (Å²) in [6.07, 6.45) is 3.10. The first-order valence-corrected chi connectivity index (χ1v) is 10.2. The van der Waals surface area contributed by atoms with Crippen molar-refractivity contribution in [2.75, 3.05) is 18.0 Å². The summed E-state index contributed by atoms with van der Waals surface area (Å²) in [5.41, 5.74) is 1.48. The predicted octanol–water partition coefficient (Wildman–Crippen LogP) is 3.84. The molecule has 144 valence electrons. The molecule has 28 heavy (non-hydrogen) atoms. The molecule has 0 bridgehead atoms. The van der Waals surface area contributed by atoms with E-state index in [2.05, 4.69) is 15.0 Å². The molecule has 7 nitrogen and oxygen atoms in total. The normalized spacial score (nSPS) is 11.3. The van der Waals surface area contributed by atoms with Gasteiger partial charge < -0.3 is 4.90 Å². The van der Waals surface area contributed by atoms with Crippen LogP contribution in [-0.4, -0.2) is 37.4 Å². The topological polar surface area (TPSA) is 68.8 Å². The molecule has 0 spiro atoms. The van der Waals surface area contributed by atoms with E-state index in [4.69, 9.17) is 16.6 Å². The summed E-state index contributed by atoms with van der Waals surface area (Å²) in [6, 6.07) is 7.23. The highest BCUT2D eigenvalue weighted by Crippen LogP contribution is 2.32. The average Bonchev–Trinajstić information content (AvgIpc) is 3.32. The molecule has 4 rings (SSSR count). The van der Waals surface area contributed by atoms with Crippen LogP contribution in [0.1, 0.15) is 19.4 Å². The molecule has 0 fully saturated rings. The van der Waals surface area contributed by atoms with Crippen LogP contribution in [0.3, 0.4) is 0 Å². The van der Waals surface area contributed by atoms with E-state index in [9.17, 15) is 4.79 Å². The van der Waals surface area contributed by atoms with Crippen LogP contribution < -0.4 is 10.5 Å². The fraction of sp³-hybridized carbons (Fsp3) is 0.263. The molecular weight excluding hydrogens is 396 g/mol. The number of aryl methyl sites for hydroxylation is 1. The standard InChI is InChI=1S/C19H19ClN6OS/c1-4-24(5-2)19-23-16-15(12(3)18(28-16)25-11-21-10-22-25)17(27)26(19)14-8-6-13(20)7-9-14/h6-11H,4-5H2,1-3H3. The van der Waals surface area contributed by atoms with Crippen molar-refractivity contribution in [1.29, 1.82) is 0 Å². The molecule has 0 aliphatic rings. The molecule has 1 aromatic carbocycles. The Hall–Kier alpha value is -2.71. The molecular formula is C19H19ClN6OS. The first kappa shape index (κ1) is 18.6. The van der Waals surface area contributed by atoms with Crippen LogP contribution in [0.25, 0.3) is 20.9 Å². The lowest BCUT2D eigenvalue weighted by molar-refractivity contribution is 0.787. The summed E-state index contributed by atoms with van der Waals surface area (Å²) >= 11 is 7.49. The number of anilines is 1. The van der Waals surface area contributed by atoms with Crippen molar-refractivity contribution in [3.8, 4) is 10.7 Å². The highest BCUT2D eigenvalue weighted by atomic mass is 35.5. The van der Waals surface area contributed by atoms with Crippen LogP contribution in [0.4, 0.5) is 5.95 Å². The summed E-state index contributed by atoms with van der Waals surface area (Å²) in [4.78, 5) is 25.3. The number of hydrogen-bond donors (Lipinski definition) is 0. The molecule has 0 saturated heterocycles. The van der Waals surface area contributed by atoms with Crippen molar-refractivity contribution in [3.05, 3.63) is 57.9 Å². The number of aromatic nitrogens is 5. The van der Waals surface area contributed by atoms with Crippen molar-refractivity contribution >= 4 is 39.1 Å². The van der Waals surface area contributed by atoms with Crippen molar-refractivity contribution in [2.45, 2.75) is 20.8 Å². The highest BCUT2D eigenvalue weighted by molar-refractivity contribution is 7.21. The zero-order chi connectivity index (χ0) is 19.8. The molecule has 0 amide bonds. The SMILES string of the molecule is CCN(CC)c1nc2sc(-n3cncn3)c(C)c2c(=O)n1-c1ccc(Cl)cc1. The second-order valence-corrected chi connectivity index (χ2v) is 7.67. The minimum absolute atomic E-state index is 0.102. The third kappa shape index (κ3) is 2.98. The molecule has 4 aromatic rings. The zero-order valence-corrected chi connectivity index (χ0v) is 17.3. The Morgan fingerprint density at radius 3 is 2.50 bits per heavy atom. The summed E-state index contributed by atoms with van der Waals surface area (Å²) in [7, 11) is 0. The van der Waals surface area contributed by atoms with Gasteiger partial charge in [-0.3, -0.25) is 4.79 Å². The van der Waals surface area contributed by atoms with E-state index in [1.165, 1.54) is 17.7 Å². The van der Waals surface area contributed by atoms with E-state index >= 15 is 0 Å². The molecule has 0 N–H and O–H groups in total. The molecule has 0 atom stereocenters. The van der Waals surface area contributed by atoms with Crippen LogP contribution in [-0.2, 0) is 0 Å². The fourth-order valence-corrected chi connectivity index (χ4v) is 4.46. The van der Waals surface area contributed by atoms with E-state index in [1.807, 2.05) is 32.9 Å². The van der Waals surface area contributed by atoms with Gasteiger partial charge in [-0.25, -0.2) is 19.2 Å². The Labute approximate surface area is 170 Å². The first-order chi connectivity index (χ1) is 13.5. The molecule has 3 aromatic heterocycles. The third-order valence-electron chi connectivity index (χ3n) is 4.68.